The molecule has 0 saturated carbocycles. The SMILES string of the molecule is COc1cc(CNC(=O)CN(C)CC(=O)Nc2ccc(C)cc2)ccc1OC(F)F. The maximum atomic E-state index is 12.4. The summed E-state index contributed by atoms with van der Waals surface area (Å²) in [6, 6.07) is 11.8. The van der Waals surface area contributed by atoms with E-state index in [-0.39, 0.29) is 42.9 Å². The molecule has 2 aromatic rings. The number of methoxy groups -OCH3 is 1. The first-order valence-corrected chi connectivity index (χ1v) is 9.20. The molecule has 0 aliphatic heterocycles. The van der Waals surface area contributed by atoms with E-state index in [9.17, 15) is 18.4 Å². The molecule has 0 bridgehead atoms. The smallest absolute Gasteiger partial charge is 0.387 e. The number of aryl methyl sites for hydroxylation is 1. The van der Waals surface area contributed by atoms with Crippen LogP contribution < -0.4 is 20.1 Å². The average Bonchev–Trinajstić information content (AvgIpc) is 2.68. The maximum absolute atomic E-state index is 12.4. The second-order valence-corrected chi connectivity index (χ2v) is 6.73. The number of hydrogen-bond donors (Lipinski definition) is 2. The van der Waals surface area contributed by atoms with Gasteiger partial charge in [0.2, 0.25) is 11.8 Å². The molecule has 0 radical (unpaired) electrons. The molecule has 7 nitrogen and oxygen atoms in total. The van der Waals surface area contributed by atoms with Gasteiger partial charge >= 0.3 is 6.61 Å². The lowest BCUT2D eigenvalue weighted by atomic mass is 10.2. The maximum Gasteiger partial charge on any atom is 0.387 e. The van der Waals surface area contributed by atoms with Gasteiger partial charge in [0.15, 0.2) is 11.5 Å². The Balaban J connectivity index is 1.79. The Morgan fingerprint density at radius 3 is 2.33 bits per heavy atom. The van der Waals surface area contributed by atoms with E-state index in [0.29, 0.717) is 11.3 Å². The molecule has 0 atom stereocenters. The van der Waals surface area contributed by atoms with Crippen molar-refractivity contribution >= 4 is 17.5 Å². The van der Waals surface area contributed by atoms with E-state index in [1.807, 2.05) is 31.2 Å². The fraction of sp³-hybridized carbons (Fsp3) is 0.333. The van der Waals surface area contributed by atoms with E-state index >= 15 is 0 Å². The lowest BCUT2D eigenvalue weighted by molar-refractivity contribution is -0.123. The van der Waals surface area contributed by atoms with Crippen LogP contribution in [0.15, 0.2) is 42.5 Å². The number of carbonyl (C=O) groups is 2. The van der Waals surface area contributed by atoms with Crippen molar-refractivity contribution in [2.75, 3.05) is 32.6 Å². The topological polar surface area (TPSA) is 79.9 Å². The summed E-state index contributed by atoms with van der Waals surface area (Å²) >= 11 is 0. The van der Waals surface area contributed by atoms with Gasteiger partial charge in [-0.25, -0.2) is 0 Å². The predicted molar refractivity (Wildman–Crippen MR) is 109 cm³/mol. The number of nitrogens with zero attached hydrogens (tertiary/aromatic N) is 1. The number of hydrogen-bond acceptors (Lipinski definition) is 5. The third-order valence-corrected chi connectivity index (χ3v) is 4.10. The molecular weight excluding hydrogens is 396 g/mol. The zero-order valence-electron chi connectivity index (χ0n) is 17.1. The predicted octanol–water partition coefficient (Wildman–Crippen LogP) is 2.79. The van der Waals surface area contributed by atoms with Crippen LogP contribution in [-0.2, 0) is 16.1 Å². The van der Waals surface area contributed by atoms with Crippen LogP contribution in [0.4, 0.5) is 14.5 Å². The van der Waals surface area contributed by atoms with Crippen LogP contribution in [0.5, 0.6) is 11.5 Å². The van der Waals surface area contributed by atoms with Crippen molar-refractivity contribution in [1.82, 2.24) is 10.2 Å². The van der Waals surface area contributed by atoms with Gasteiger partial charge in [-0.3, -0.25) is 14.5 Å². The number of rotatable bonds is 10. The quantitative estimate of drug-likeness (QED) is 0.617. The van der Waals surface area contributed by atoms with Gasteiger partial charge in [0.25, 0.3) is 0 Å². The Kier molecular flexibility index (Phi) is 8.54. The molecule has 0 aliphatic carbocycles. The van der Waals surface area contributed by atoms with Crippen LogP contribution >= 0.6 is 0 Å². The van der Waals surface area contributed by atoms with E-state index in [1.54, 1.807) is 18.0 Å². The molecule has 9 heteroatoms. The van der Waals surface area contributed by atoms with Gasteiger partial charge in [-0.05, 0) is 43.8 Å². The van der Waals surface area contributed by atoms with Gasteiger partial charge in [0.1, 0.15) is 0 Å². The zero-order chi connectivity index (χ0) is 22.1. The summed E-state index contributed by atoms with van der Waals surface area (Å²) in [5, 5.41) is 5.48. The fourth-order valence-electron chi connectivity index (χ4n) is 2.66. The molecule has 0 spiro atoms. The van der Waals surface area contributed by atoms with Crippen molar-refractivity contribution in [2.45, 2.75) is 20.1 Å². The van der Waals surface area contributed by atoms with Gasteiger partial charge in [-0.15, -0.1) is 0 Å². The minimum Gasteiger partial charge on any atom is -0.493 e. The third kappa shape index (κ3) is 7.67. The van der Waals surface area contributed by atoms with Crippen molar-refractivity contribution in [2.24, 2.45) is 0 Å². The normalized spacial score (nSPS) is 10.8. The lowest BCUT2D eigenvalue weighted by Gasteiger charge is -2.16. The third-order valence-electron chi connectivity index (χ3n) is 4.10. The number of ether oxygens (including phenoxy) is 2. The first kappa shape index (κ1) is 23.1. The Morgan fingerprint density at radius 2 is 1.70 bits per heavy atom. The second kappa shape index (κ2) is 11.1. The highest BCUT2D eigenvalue weighted by molar-refractivity contribution is 5.92. The molecule has 0 fully saturated rings. The Morgan fingerprint density at radius 1 is 1.03 bits per heavy atom. The van der Waals surface area contributed by atoms with Crippen molar-refractivity contribution in [3.8, 4) is 11.5 Å². The van der Waals surface area contributed by atoms with Crippen molar-refractivity contribution < 1.29 is 27.8 Å². The minimum absolute atomic E-state index is 0.0189. The summed E-state index contributed by atoms with van der Waals surface area (Å²) in [5.41, 5.74) is 2.44. The molecule has 0 aromatic heterocycles. The average molecular weight is 421 g/mol. The summed E-state index contributed by atoms with van der Waals surface area (Å²) in [6.45, 7) is -0.754. The molecule has 0 heterocycles. The van der Waals surface area contributed by atoms with Gasteiger partial charge in [0, 0.05) is 12.2 Å². The molecule has 0 saturated heterocycles. The molecule has 2 amide bonds. The van der Waals surface area contributed by atoms with Gasteiger partial charge in [0.05, 0.1) is 20.2 Å². The molecule has 2 aromatic carbocycles. The highest BCUT2D eigenvalue weighted by Gasteiger charge is 2.13. The van der Waals surface area contributed by atoms with Crippen LogP contribution in [0.1, 0.15) is 11.1 Å². The van der Waals surface area contributed by atoms with Crippen molar-refractivity contribution in [3.63, 3.8) is 0 Å². The van der Waals surface area contributed by atoms with Crippen molar-refractivity contribution in [3.05, 3.63) is 53.6 Å². The van der Waals surface area contributed by atoms with Crippen LogP contribution in [-0.4, -0.2) is 50.6 Å². The number of halogens is 2. The number of likely N-dealkylation sites (N-methyl/N-ethyl adjacent to an activating group) is 1. The first-order valence-electron chi connectivity index (χ1n) is 9.20. The Bertz CT molecular complexity index is 860. The monoisotopic (exact) mass is 421 g/mol. The van der Waals surface area contributed by atoms with Crippen molar-refractivity contribution in [1.29, 1.82) is 0 Å². The molecule has 0 aliphatic rings. The van der Waals surface area contributed by atoms with Crippen LogP contribution in [0.3, 0.4) is 0 Å². The second-order valence-electron chi connectivity index (χ2n) is 6.73. The van der Waals surface area contributed by atoms with Crippen LogP contribution in [0.2, 0.25) is 0 Å². The summed E-state index contributed by atoms with van der Waals surface area (Å²) in [4.78, 5) is 25.8. The molecule has 2 rings (SSSR count). The summed E-state index contributed by atoms with van der Waals surface area (Å²) in [6.07, 6.45) is 0. The number of anilines is 1. The number of nitrogens with one attached hydrogen (secondary N) is 2. The van der Waals surface area contributed by atoms with E-state index in [0.717, 1.165) is 5.56 Å². The van der Waals surface area contributed by atoms with E-state index < -0.39 is 6.61 Å². The zero-order valence-corrected chi connectivity index (χ0v) is 17.1. The summed E-state index contributed by atoms with van der Waals surface area (Å²) in [5.74, 6) is -0.449. The molecular formula is C21H25F2N3O4. The molecule has 2 N–H and O–H groups in total. The first-order chi connectivity index (χ1) is 14.3. The molecule has 0 unspecified atom stereocenters. The van der Waals surface area contributed by atoms with E-state index in [4.69, 9.17) is 4.74 Å². The van der Waals surface area contributed by atoms with E-state index in [1.165, 1.54) is 19.2 Å². The van der Waals surface area contributed by atoms with Gasteiger partial charge in [-0.2, -0.15) is 8.78 Å². The van der Waals surface area contributed by atoms with Gasteiger partial charge < -0.3 is 20.1 Å². The minimum atomic E-state index is -2.96. The largest absolute Gasteiger partial charge is 0.493 e. The number of alkyl halides is 2. The number of amides is 2. The summed E-state index contributed by atoms with van der Waals surface area (Å²) in [7, 11) is 3.00. The van der Waals surface area contributed by atoms with E-state index in [2.05, 4.69) is 15.4 Å². The summed E-state index contributed by atoms with van der Waals surface area (Å²) < 4.78 is 34.1. The standard InChI is InChI=1S/C21H25F2N3O4/c1-14-4-7-16(8-5-14)25-20(28)13-26(2)12-19(27)24-11-15-6-9-17(30-21(22)23)18(10-15)29-3/h4-10,21H,11-13H2,1-3H3,(H,24,27)(H,25,28). The molecule has 30 heavy (non-hydrogen) atoms. The van der Waals surface area contributed by atoms with Gasteiger partial charge in [-0.1, -0.05) is 23.8 Å². The lowest BCUT2D eigenvalue weighted by Crippen LogP contribution is -2.38. The van der Waals surface area contributed by atoms with Crippen LogP contribution in [0.25, 0.3) is 0 Å². The number of carbonyl (C=O) groups excluding carboxylic acids is 2. The Labute approximate surface area is 174 Å². The highest BCUT2D eigenvalue weighted by atomic mass is 19.3. The highest BCUT2D eigenvalue weighted by Crippen LogP contribution is 2.29. The molecule has 162 valence electrons. The van der Waals surface area contributed by atoms with Crippen LogP contribution in [0, 0.1) is 6.92 Å². The fourth-order valence-corrected chi connectivity index (χ4v) is 2.66. The Hall–Kier alpha value is -3.20. The number of benzene rings is 2.